The van der Waals surface area contributed by atoms with Gasteiger partial charge < -0.3 is 0 Å². The lowest BCUT2D eigenvalue weighted by Gasteiger charge is -2.02. The Morgan fingerprint density at radius 2 is 0.452 bits per heavy atom. The summed E-state index contributed by atoms with van der Waals surface area (Å²) in [5.74, 6) is 0. The van der Waals surface area contributed by atoms with E-state index in [0.29, 0.717) is 0 Å². The Morgan fingerprint density at radius 3 is 0.710 bits per heavy atom. The number of hydrogen-bond acceptors (Lipinski definition) is 0. The summed E-state index contributed by atoms with van der Waals surface area (Å²) in [6.45, 7) is 4.58. The molecule has 31 heavy (non-hydrogen) atoms. The van der Waals surface area contributed by atoms with E-state index in [2.05, 4.69) is 38.2 Å². The van der Waals surface area contributed by atoms with Crippen LogP contribution in [0.5, 0.6) is 0 Å². The Kier molecular flexibility index (Phi) is 29.0. The van der Waals surface area contributed by atoms with Gasteiger partial charge in [0.1, 0.15) is 0 Å². The third-order valence-electron chi connectivity index (χ3n) is 6.52. The molecule has 0 saturated heterocycles. The highest BCUT2D eigenvalue weighted by atomic mass is 14.0. The van der Waals surface area contributed by atoms with E-state index in [4.69, 9.17) is 0 Å². The summed E-state index contributed by atoms with van der Waals surface area (Å²) in [5, 5.41) is 0. The van der Waals surface area contributed by atoms with E-state index in [0.717, 1.165) is 0 Å². The van der Waals surface area contributed by atoms with Gasteiger partial charge in [-0.25, -0.2) is 0 Å². The fourth-order valence-corrected chi connectivity index (χ4v) is 4.32. The molecule has 0 nitrogen and oxygen atoms in total. The molecule has 0 saturated carbocycles. The van der Waals surface area contributed by atoms with Crippen molar-refractivity contribution in [1.82, 2.24) is 0 Å². The lowest BCUT2D eigenvalue weighted by atomic mass is 10.0. The maximum Gasteiger partial charge on any atom is -0.0351 e. The highest BCUT2D eigenvalue weighted by Gasteiger charge is 1.94. The van der Waals surface area contributed by atoms with Gasteiger partial charge in [-0.2, -0.15) is 0 Å². The van der Waals surface area contributed by atoms with Gasteiger partial charge in [-0.1, -0.05) is 147 Å². The van der Waals surface area contributed by atoms with Gasteiger partial charge in [-0.3, -0.25) is 0 Å². The van der Waals surface area contributed by atoms with Gasteiger partial charge in [0.2, 0.25) is 0 Å². The monoisotopic (exact) mass is 432 g/mol. The molecule has 0 aromatic carbocycles. The van der Waals surface area contributed by atoms with Crippen molar-refractivity contribution >= 4 is 0 Å². The van der Waals surface area contributed by atoms with Crippen LogP contribution in [-0.2, 0) is 0 Å². The van der Waals surface area contributed by atoms with Crippen LogP contribution >= 0.6 is 0 Å². The predicted octanol–water partition coefficient (Wildman–Crippen LogP) is 11.9. The molecule has 0 heteroatoms. The summed E-state index contributed by atoms with van der Waals surface area (Å²) in [6.07, 6.45) is 44.9. The number of allylic oxidation sites excluding steroid dienone is 4. The molecule has 0 aliphatic rings. The zero-order chi connectivity index (χ0) is 22.5. The van der Waals surface area contributed by atoms with Crippen LogP contribution in [0.2, 0.25) is 0 Å². The maximum absolute atomic E-state index is 2.44. The summed E-state index contributed by atoms with van der Waals surface area (Å²) >= 11 is 0. The maximum atomic E-state index is 2.44. The standard InChI is InChI=1S/C31H60/c1-3-5-7-9-11-13-15-17-19-21-23-25-27-29-31-30-28-26-24-22-20-18-16-14-12-10-8-6-4-2/h13,15-16,18H,3-12,14,17,19-31H2,1-2H3. The van der Waals surface area contributed by atoms with Crippen LogP contribution in [0.15, 0.2) is 24.3 Å². The molecular weight excluding hydrogens is 372 g/mol. The number of rotatable bonds is 26. The highest BCUT2D eigenvalue weighted by Crippen LogP contribution is 2.14. The smallest absolute Gasteiger partial charge is 0.0351 e. The molecule has 0 aliphatic carbocycles. The van der Waals surface area contributed by atoms with E-state index in [-0.39, 0.29) is 0 Å². The molecule has 0 rings (SSSR count). The van der Waals surface area contributed by atoms with E-state index in [9.17, 15) is 0 Å². The van der Waals surface area contributed by atoms with Gasteiger partial charge in [0, 0.05) is 0 Å². The van der Waals surface area contributed by atoms with Crippen LogP contribution in [0.4, 0.5) is 0 Å². The molecule has 0 radical (unpaired) electrons. The van der Waals surface area contributed by atoms with Gasteiger partial charge in [-0.05, 0) is 51.4 Å². The van der Waals surface area contributed by atoms with Crippen molar-refractivity contribution in [3.63, 3.8) is 0 Å². The van der Waals surface area contributed by atoms with E-state index < -0.39 is 0 Å². The molecule has 0 N–H and O–H groups in total. The van der Waals surface area contributed by atoms with Crippen LogP contribution in [0.3, 0.4) is 0 Å². The van der Waals surface area contributed by atoms with E-state index in [1.165, 1.54) is 161 Å². The summed E-state index contributed by atoms with van der Waals surface area (Å²) in [4.78, 5) is 0. The average molecular weight is 433 g/mol. The van der Waals surface area contributed by atoms with Gasteiger partial charge in [-0.15, -0.1) is 0 Å². The second-order valence-electron chi connectivity index (χ2n) is 9.82. The van der Waals surface area contributed by atoms with Crippen molar-refractivity contribution in [2.24, 2.45) is 0 Å². The van der Waals surface area contributed by atoms with E-state index in [1.54, 1.807) is 0 Å². The Bertz CT molecular complexity index is 351. The van der Waals surface area contributed by atoms with Crippen LogP contribution in [0.1, 0.15) is 174 Å². The normalized spacial score (nSPS) is 11.9. The minimum Gasteiger partial charge on any atom is -0.0885 e. The van der Waals surface area contributed by atoms with Crippen LogP contribution in [0, 0.1) is 0 Å². The average Bonchev–Trinajstić information content (AvgIpc) is 2.78. The van der Waals surface area contributed by atoms with Gasteiger partial charge in [0.05, 0.1) is 0 Å². The molecule has 0 bridgehead atoms. The zero-order valence-electron chi connectivity index (χ0n) is 22.0. The summed E-state index contributed by atoms with van der Waals surface area (Å²) < 4.78 is 0. The van der Waals surface area contributed by atoms with E-state index >= 15 is 0 Å². The predicted molar refractivity (Wildman–Crippen MR) is 145 cm³/mol. The fraction of sp³-hybridized carbons (Fsp3) is 0.871. The second kappa shape index (κ2) is 29.5. The topological polar surface area (TPSA) is 0 Å². The minimum absolute atomic E-state index is 1.30. The third kappa shape index (κ3) is 29.5. The van der Waals surface area contributed by atoms with Crippen LogP contribution in [0.25, 0.3) is 0 Å². The lowest BCUT2D eigenvalue weighted by molar-refractivity contribution is 0.542. The number of unbranched alkanes of at least 4 members (excludes halogenated alkanes) is 22. The highest BCUT2D eigenvalue weighted by molar-refractivity contribution is 4.81. The van der Waals surface area contributed by atoms with Crippen molar-refractivity contribution < 1.29 is 0 Å². The number of hydrogen-bond donors (Lipinski definition) is 0. The summed E-state index contributed by atoms with van der Waals surface area (Å²) in [7, 11) is 0. The second-order valence-corrected chi connectivity index (χ2v) is 9.82. The van der Waals surface area contributed by atoms with Gasteiger partial charge >= 0.3 is 0 Å². The molecule has 184 valence electrons. The molecule has 0 fully saturated rings. The molecule has 0 aliphatic heterocycles. The van der Waals surface area contributed by atoms with Crippen molar-refractivity contribution in [1.29, 1.82) is 0 Å². The zero-order valence-corrected chi connectivity index (χ0v) is 22.0. The molecule has 0 spiro atoms. The largest absolute Gasteiger partial charge is 0.0885 e. The van der Waals surface area contributed by atoms with Crippen molar-refractivity contribution in [2.45, 2.75) is 174 Å². The third-order valence-corrected chi connectivity index (χ3v) is 6.52. The lowest BCUT2D eigenvalue weighted by Crippen LogP contribution is -1.83. The van der Waals surface area contributed by atoms with Crippen molar-refractivity contribution in [3.8, 4) is 0 Å². The molecular formula is C31H60. The van der Waals surface area contributed by atoms with Gasteiger partial charge in [0.25, 0.3) is 0 Å². The SMILES string of the molecule is CCCCCCC=CCCCCCCCCCCCCCCC=CCCCCCCC. The Hall–Kier alpha value is -0.520. The minimum atomic E-state index is 1.30. The molecule has 0 unspecified atom stereocenters. The quantitative estimate of drug-likeness (QED) is 0.0941. The Balaban J connectivity index is 3.08. The first-order valence-electron chi connectivity index (χ1n) is 14.7. The summed E-state index contributed by atoms with van der Waals surface area (Å²) in [6, 6.07) is 0. The first-order valence-corrected chi connectivity index (χ1v) is 14.7. The molecule has 0 atom stereocenters. The summed E-state index contributed by atoms with van der Waals surface area (Å²) in [5.41, 5.74) is 0. The first-order chi connectivity index (χ1) is 15.4. The molecule has 0 amide bonds. The molecule has 0 aromatic heterocycles. The van der Waals surface area contributed by atoms with Gasteiger partial charge in [0.15, 0.2) is 0 Å². The van der Waals surface area contributed by atoms with Crippen LogP contribution < -0.4 is 0 Å². The molecule has 0 aromatic rings. The van der Waals surface area contributed by atoms with Crippen LogP contribution in [-0.4, -0.2) is 0 Å². The fourth-order valence-electron chi connectivity index (χ4n) is 4.32. The first kappa shape index (κ1) is 30.5. The molecule has 0 heterocycles. The Labute approximate surface area is 198 Å². The Morgan fingerprint density at radius 1 is 0.258 bits per heavy atom. The van der Waals surface area contributed by atoms with Crippen molar-refractivity contribution in [2.75, 3.05) is 0 Å². The van der Waals surface area contributed by atoms with Crippen molar-refractivity contribution in [3.05, 3.63) is 24.3 Å². The van der Waals surface area contributed by atoms with E-state index in [1.807, 2.05) is 0 Å².